The monoisotopic (exact) mass is 402 g/mol. The summed E-state index contributed by atoms with van der Waals surface area (Å²) in [6.07, 6.45) is 4.82. The number of benzene rings is 1. The number of aromatic nitrogens is 2. The van der Waals surface area contributed by atoms with Gasteiger partial charge in [0.2, 0.25) is 0 Å². The second-order valence-electron chi connectivity index (χ2n) is 6.72. The molecule has 0 spiro atoms. The van der Waals surface area contributed by atoms with Crippen LogP contribution in [0.25, 0.3) is 21.5 Å². The molecular weight excluding hydrogens is 384 g/mol. The Labute approximate surface area is 165 Å². The Hall–Kier alpha value is -2.38. The first-order valence-corrected chi connectivity index (χ1v) is 10.0. The number of carbonyl (C=O) groups is 1. The van der Waals surface area contributed by atoms with Gasteiger partial charge in [-0.2, -0.15) is 9.97 Å². The highest BCUT2D eigenvalue weighted by Gasteiger charge is 2.22. The number of rotatable bonds is 5. The van der Waals surface area contributed by atoms with E-state index in [9.17, 15) is 4.79 Å². The zero-order valence-electron chi connectivity index (χ0n) is 14.6. The number of halogens is 1. The summed E-state index contributed by atoms with van der Waals surface area (Å²) in [5.74, 6) is -0.0468. The molecule has 1 aliphatic carbocycles. The van der Waals surface area contributed by atoms with Gasteiger partial charge in [0.15, 0.2) is 0 Å². The second kappa shape index (κ2) is 7.32. The molecule has 2 heterocycles. The van der Waals surface area contributed by atoms with E-state index >= 15 is 0 Å². The van der Waals surface area contributed by atoms with Gasteiger partial charge in [-0.3, -0.25) is 4.79 Å². The van der Waals surface area contributed by atoms with Crippen LogP contribution in [0.15, 0.2) is 24.3 Å². The normalized spacial score (nSPS) is 14.7. The molecule has 0 saturated heterocycles. The Morgan fingerprint density at radius 2 is 2.07 bits per heavy atom. The van der Waals surface area contributed by atoms with Gasteiger partial charge in [-0.25, -0.2) is 0 Å². The number of hydrogen-bond donors (Lipinski definition) is 2. The molecule has 0 bridgehead atoms. The van der Waals surface area contributed by atoms with E-state index in [-0.39, 0.29) is 10.9 Å². The zero-order valence-corrected chi connectivity index (χ0v) is 16.1. The van der Waals surface area contributed by atoms with Gasteiger partial charge >= 0.3 is 6.01 Å². The van der Waals surface area contributed by atoms with Crippen LogP contribution in [0.5, 0.6) is 6.01 Å². The lowest BCUT2D eigenvalue weighted by molar-refractivity contribution is 0.100. The first kappa shape index (κ1) is 18.0. The quantitative estimate of drug-likeness (QED) is 0.663. The number of carbonyl (C=O) groups excluding carboxylic acids is 1. The lowest BCUT2D eigenvalue weighted by atomic mass is 10.1. The Morgan fingerprint density at radius 3 is 2.78 bits per heavy atom. The van der Waals surface area contributed by atoms with Crippen LogP contribution in [0.4, 0.5) is 5.69 Å². The molecule has 1 aliphatic rings. The van der Waals surface area contributed by atoms with Crippen LogP contribution in [-0.2, 0) is 0 Å². The van der Waals surface area contributed by atoms with Crippen molar-refractivity contribution in [3.8, 4) is 17.3 Å². The Bertz CT molecular complexity index is 1010. The minimum Gasteiger partial charge on any atom is -0.463 e. The zero-order chi connectivity index (χ0) is 19.0. The van der Waals surface area contributed by atoms with Gasteiger partial charge < -0.3 is 16.2 Å². The number of amides is 1. The van der Waals surface area contributed by atoms with E-state index in [1.165, 1.54) is 25.7 Å². The molecular formula is C19H19ClN4O2S. The smallest absolute Gasteiger partial charge is 0.318 e. The third-order valence-electron chi connectivity index (χ3n) is 4.81. The van der Waals surface area contributed by atoms with Crippen molar-refractivity contribution >= 4 is 44.7 Å². The van der Waals surface area contributed by atoms with E-state index in [1.54, 1.807) is 12.1 Å². The lowest BCUT2D eigenvalue weighted by Crippen LogP contribution is -2.11. The molecule has 4 N–H and O–H groups in total. The van der Waals surface area contributed by atoms with Crippen LogP contribution in [0.3, 0.4) is 0 Å². The fraction of sp³-hybridized carbons (Fsp3) is 0.316. The van der Waals surface area contributed by atoms with Crippen molar-refractivity contribution in [2.45, 2.75) is 25.7 Å². The van der Waals surface area contributed by atoms with Crippen molar-refractivity contribution in [2.24, 2.45) is 11.7 Å². The predicted molar refractivity (Wildman–Crippen MR) is 108 cm³/mol. The third-order valence-corrected chi connectivity index (χ3v) is 6.16. The summed E-state index contributed by atoms with van der Waals surface area (Å²) in [6.45, 7) is 0.587. The Morgan fingerprint density at radius 1 is 1.30 bits per heavy atom. The summed E-state index contributed by atoms with van der Waals surface area (Å²) in [6, 6.07) is 7.58. The number of fused-ring (bicyclic) bond motifs is 1. The highest BCUT2D eigenvalue weighted by molar-refractivity contribution is 7.21. The number of primary amides is 1. The van der Waals surface area contributed by atoms with Crippen molar-refractivity contribution < 1.29 is 9.53 Å². The van der Waals surface area contributed by atoms with Crippen LogP contribution in [-0.4, -0.2) is 22.5 Å². The molecule has 1 aromatic carbocycles. The van der Waals surface area contributed by atoms with E-state index < -0.39 is 5.91 Å². The maximum absolute atomic E-state index is 11.7. The molecule has 27 heavy (non-hydrogen) atoms. The molecule has 8 heteroatoms. The van der Waals surface area contributed by atoms with Gasteiger partial charge in [-0.15, -0.1) is 11.3 Å². The molecule has 0 unspecified atom stereocenters. The van der Waals surface area contributed by atoms with Crippen LogP contribution in [0.2, 0.25) is 5.02 Å². The largest absolute Gasteiger partial charge is 0.463 e. The standard InChI is InChI=1S/C19H19ClN4O2S/c20-12-7-3-6-11(8-12)15-13-14(21)16(17(22)25)27-18(13)24-19(23-15)26-9-10-4-1-2-5-10/h3,6-8,10H,1-2,4-5,9,21H2,(H2,22,25). The first-order valence-electron chi connectivity index (χ1n) is 8.81. The molecule has 4 rings (SSSR count). The van der Waals surface area contributed by atoms with Crippen molar-refractivity contribution in [2.75, 3.05) is 12.3 Å². The summed E-state index contributed by atoms with van der Waals surface area (Å²) in [5, 5.41) is 1.18. The van der Waals surface area contributed by atoms with Crippen molar-refractivity contribution in [3.05, 3.63) is 34.2 Å². The molecule has 1 fully saturated rings. The minimum absolute atomic E-state index is 0.274. The Balaban J connectivity index is 1.82. The number of anilines is 1. The van der Waals surface area contributed by atoms with Crippen LogP contribution in [0.1, 0.15) is 35.4 Å². The molecule has 0 atom stereocenters. The summed E-state index contributed by atoms with van der Waals surface area (Å²) in [4.78, 5) is 21.6. The van der Waals surface area contributed by atoms with E-state index in [4.69, 9.17) is 27.8 Å². The highest BCUT2D eigenvalue weighted by Crippen LogP contribution is 2.39. The lowest BCUT2D eigenvalue weighted by Gasteiger charge is -2.11. The summed E-state index contributed by atoms with van der Waals surface area (Å²) in [5.41, 5.74) is 13.3. The topological polar surface area (TPSA) is 104 Å². The molecule has 0 aliphatic heterocycles. The van der Waals surface area contributed by atoms with Crippen LogP contribution < -0.4 is 16.2 Å². The van der Waals surface area contributed by atoms with Crippen molar-refractivity contribution in [1.82, 2.24) is 9.97 Å². The highest BCUT2D eigenvalue weighted by atomic mass is 35.5. The maximum atomic E-state index is 11.7. The van der Waals surface area contributed by atoms with Gasteiger partial charge in [-0.05, 0) is 30.9 Å². The molecule has 1 saturated carbocycles. The predicted octanol–water partition coefficient (Wildman–Crippen LogP) is 4.26. The summed E-state index contributed by atoms with van der Waals surface area (Å²) < 4.78 is 5.89. The number of nitrogens with zero attached hydrogens (tertiary/aromatic N) is 2. The number of nitrogens with two attached hydrogens (primary N) is 2. The molecule has 140 valence electrons. The molecule has 2 aromatic heterocycles. The average Bonchev–Trinajstić information content (AvgIpc) is 3.27. The van der Waals surface area contributed by atoms with E-state index in [0.29, 0.717) is 39.1 Å². The third kappa shape index (κ3) is 3.57. The second-order valence-corrected chi connectivity index (χ2v) is 8.15. The summed E-state index contributed by atoms with van der Waals surface area (Å²) in [7, 11) is 0. The van der Waals surface area contributed by atoms with E-state index in [2.05, 4.69) is 9.97 Å². The minimum atomic E-state index is -0.582. The molecule has 6 nitrogen and oxygen atoms in total. The van der Waals surface area contributed by atoms with Gasteiger partial charge in [0, 0.05) is 10.6 Å². The van der Waals surface area contributed by atoms with Crippen molar-refractivity contribution in [1.29, 1.82) is 0 Å². The van der Waals surface area contributed by atoms with Gasteiger partial charge in [0.05, 0.1) is 23.4 Å². The number of thiophene rings is 1. The summed E-state index contributed by atoms with van der Waals surface area (Å²) >= 11 is 7.30. The van der Waals surface area contributed by atoms with Gasteiger partial charge in [0.25, 0.3) is 5.91 Å². The SMILES string of the molecule is NC(=O)c1sc2nc(OCC3CCCC3)nc(-c3cccc(Cl)c3)c2c1N. The fourth-order valence-corrected chi connectivity index (χ4v) is 4.59. The molecule has 1 amide bonds. The van der Waals surface area contributed by atoms with Crippen LogP contribution >= 0.6 is 22.9 Å². The first-order chi connectivity index (χ1) is 13.0. The van der Waals surface area contributed by atoms with Crippen LogP contribution in [0, 0.1) is 5.92 Å². The van der Waals surface area contributed by atoms with E-state index in [1.807, 2.05) is 12.1 Å². The molecule has 3 aromatic rings. The number of hydrogen-bond acceptors (Lipinski definition) is 6. The molecule has 0 radical (unpaired) electrons. The number of nitrogen functional groups attached to an aromatic ring is 1. The van der Waals surface area contributed by atoms with Crippen molar-refractivity contribution in [3.63, 3.8) is 0 Å². The van der Waals surface area contributed by atoms with E-state index in [0.717, 1.165) is 16.9 Å². The fourth-order valence-electron chi connectivity index (χ4n) is 3.46. The maximum Gasteiger partial charge on any atom is 0.318 e. The van der Waals surface area contributed by atoms with Gasteiger partial charge in [-0.1, -0.05) is 36.6 Å². The average molecular weight is 403 g/mol. The number of ether oxygens (including phenoxy) is 1. The van der Waals surface area contributed by atoms with Gasteiger partial charge in [0.1, 0.15) is 9.71 Å². The Kier molecular flexibility index (Phi) is 4.88.